The van der Waals surface area contributed by atoms with Crippen LogP contribution in [0.5, 0.6) is 17.2 Å². The zero-order valence-corrected chi connectivity index (χ0v) is 29.6. The molecule has 6 rings (SSSR count). The minimum absolute atomic E-state index is 0.0582. The number of aromatic amines is 1. The lowest BCUT2D eigenvalue weighted by molar-refractivity contribution is -0.0933. The maximum absolute atomic E-state index is 13.4. The molecular weight excluding hydrogens is 699 g/mol. The summed E-state index contributed by atoms with van der Waals surface area (Å²) in [5.41, 5.74) is 0.0477. The highest BCUT2D eigenvalue weighted by Gasteiger charge is 2.45. The molecule has 5 aromatic rings. The summed E-state index contributed by atoms with van der Waals surface area (Å²) < 4.78 is 50.0. The topological polar surface area (TPSA) is 148 Å². The van der Waals surface area contributed by atoms with Crippen LogP contribution in [0, 0.1) is 6.92 Å². The molecule has 1 saturated heterocycles. The molecule has 0 aliphatic carbocycles. The van der Waals surface area contributed by atoms with Gasteiger partial charge in [0.25, 0.3) is 5.56 Å². The van der Waals surface area contributed by atoms with Crippen molar-refractivity contribution < 1.29 is 37.5 Å². The van der Waals surface area contributed by atoms with Gasteiger partial charge in [-0.1, -0.05) is 66.2 Å². The minimum Gasteiger partial charge on any atom is -0.497 e. The molecule has 4 atom stereocenters. The molecule has 1 aliphatic rings. The Morgan fingerprint density at radius 2 is 1.41 bits per heavy atom. The number of rotatable bonds is 13. The molecule has 2 N–H and O–H groups in total. The van der Waals surface area contributed by atoms with Crippen molar-refractivity contribution in [2.45, 2.75) is 37.4 Å². The normalized spacial score (nSPS) is 18.6. The fourth-order valence-electron chi connectivity index (χ4n) is 6.03. The van der Waals surface area contributed by atoms with Crippen molar-refractivity contribution >= 4 is 19.4 Å². The van der Waals surface area contributed by atoms with E-state index in [9.17, 15) is 19.0 Å². The molecule has 0 saturated carbocycles. The third-order valence-corrected chi connectivity index (χ3v) is 9.81. The van der Waals surface area contributed by atoms with Crippen molar-refractivity contribution in [1.29, 1.82) is 0 Å². The van der Waals surface area contributed by atoms with Crippen LogP contribution in [0.2, 0.25) is 5.02 Å². The highest BCUT2D eigenvalue weighted by Crippen LogP contribution is 2.49. The Kier molecular flexibility index (Phi) is 10.8. The van der Waals surface area contributed by atoms with Gasteiger partial charge in [0, 0.05) is 23.2 Å². The zero-order chi connectivity index (χ0) is 36.2. The number of H-pyrrole nitrogens is 1. The minimum atomic E-state index is -4.77. The van der Waals surface area contributed by atoms with Gasteiger partial charge in [-0.05, 0) is 72.1 Å². The Morgan fingerprint density at radius 3 is 1.98 bits per heavy atom. The third kappa shape index (κ3) is 7.97. The zero-order valence-electron chi connectivity index (χ0n) is 27.9. The number of phosphoric ester groups is 1. The van der Waals surface area contributed by atoms with Crippen molar-refractivity contribution in [3.63, 3.8) is 0 Å². The van der Waals surface area contributed by atoms with E-state index in [0.717, 1.165) is 16.7 Å². The van der Waals surface area contributed by atoms with E-state index in [1.165, 1.54) is 35.0 Å². The predicted octanol–water partition coefficient (Wildman–Crippen LogP) is 6.38. The van der Waals surface area contributed by atoms with Gasteiger partial charge < -0.3 is 23.5 Å². The smallest absolute Gasteiger partial charge is 0.497 e. The molecule has 2 heterocycles. The van der Waals surface area contributed by atoms with E-state index in [4.69, 9.17) is 39.6 Å². The maximum atomic E-state index is 13.4. The quantitative estimate of drug-likeness (QED) is 0.103. The van der Waals surface area contributed by atoms with Crippen molar-refractivity contribution in [3.05, 3.63) is 157 Å². The average Bonchev–Trinajstić information content (AvgIpc) is 3.53. The van der Waals surface area contributed by atoms with Crippen LogP contribution in [0.3, 0.4) is 0 Å². The van der Waals surface area contributed by atoms with Crippen LogP contribution in [-0.4, -0.2) is 47.5 Å². The van der Waals surface area contributed by atoms with Crippen molar-refractivity contribution in [2.24, 2.45) is 0 Å². The van der Waals surface area contributed by atoms with Gasteiger partial charge in [0.1, 0.15) is 41.3 Å². The molecule has 14 heteroatoms. The number of ether oxygens (including phenoxy) is 4. The summed E-state index contributed by atoms with van der Waals surface area (Å²) in [6.07, 6.45) is -1.80. The molecule has 51 heavy (non-hydrogen) atoms. The number of phosphoric acid groups is 1. The number of aromatic nitrogens is 2. The molecule has 1 fully saturated rings. The third-order valence-electron chi connectivity index (χ3n) is 8.58. The number of benzene rings is 4. The van der Waals surface area contributed by atoms with Gasteiger partial charge in [-0.25, -0.2) is 9.36 Å². The molecule has 0 amide bonds. The fraction of sp³-hybridized carbons (Fsp3) is 0.243. The van der Waals surface area contributed by atoms with Crippen LogP contribution in [0.4, 0.5) is 0 Å². The molecule has 266 valence electrons. The highest BCUT2D eigenvalue weighted by atomic mass is 35.5. The molecule has 1 unspecified atom stereocenters. The monoisotopic (exact) mass is 734 g/mol. The second kappa shape index (κ2) is 15.3. The Bertz CT molecular complexity index is 2060. The Labute approximate surface area is 298 Å². The summed E-state index contributed by atoms with van der Waals surface area (Å²) in [4.78, 5) is 38.3. The first-order valence-electron chi connectivity index (χ1n) is 15.9. The predicted molar refractivity (Wildman–Crippen MR) is 190 cm³/mol. The molecule has 0 spiro atoms. The summed E-state index contributed by atoms with van der Waals surface area (Å²) >= 11 is 5.97. The lowest BCUT2D eigenvalue weighted by Gasteiger charge is -2.37. The van der Waals surface area contributed by atoms with Crippen LogP contribution < -0.4 is 25.2 Å². The van der Waals surface area contributed by atoms with E-state index in [0.29, 0.717) is 16.5 Å². The first kappa shape index (κ1) is 36.1. The van der Waals surface area contributed by atoms with Crippen LogP contribution in [0.25, 0.3) is 0 Å². The van der Waals surface area contributed by atoms with Gasteiger partial charge in [0.2, 0.25) is 0 Å². The van der Waals surface area contributed by atoms with Crippen molar-refractivity contribution in [2.75, 3.05) is 20.8 Å². The number of aryl methyl sites for hydroxylation is 1. The van der Waals surface area contributed by atoms with Crippen LogP contribution in [0.15, 0.2) is 119 Å². The summed E-state index contributed by atoms with van der Waals surface area (Å²) in [7, 11) is -1.61. The lowest BCUT2D eigenvalue weighted by Crippen LogP contribution is -2.38. The van der Waals surface area contributed by atoms with Gasteiger partial charge in [-0.15, -0.1) is 0 Å². The number of methoxy groups -OCH3 is 2. The van der Waals surface area contributed by atoms with Gasteiger partial charge in [0.15, 0.2) is 0 Å². The summed E-state index contributed by atoms with van der Waals surface area (Å²) in [6, 6.07) is 30.3. The van der Waals surface area contributed by atoms with Crippen LogP contribution in [0.1, 0.15) is 34.9 Å². The largest absolute Gasteiger partial charge is 0.527 e. The molecule has 1 aromatic heterocycles. The number of hydrogen-bond donors (Lipinski definition) is 2. The second-order valence-corrected chi connectivity index (χ2v) is 13.6. The maximum Gasteiger partial charge on any atom is 0.527 e. The van der Waals surface area contributed by atoms with Crippen molar-refractivity contribution in [1.82, 2.24) is 9.55 Å². The number of nitrogens with one attached hydrogen (secondary N) is 1. The Hall–Kier alpha value is -4.68. The summed E-state index contributed by atoms with van der Waals surface area (Å²) in [6.45, 7) is 1.37. The van der Waals surface area contributed by atoms with Crippen molar-refractivity contribution in [3.8, 4) is 17.2 Å². The number of halogens is 1. The lowest BCUT2D eigenvalue weighted by atomic mass is 9.80. The Morgan fingerprint density at radius 1 is 0.863 bits per heavy atom. The Balaban J connectivity index is 1.40. The summed E-state index contributed by atoms with van der Waals surface area (Å²) in [5, 5.41) is 0.414. The van der Waals surface area contributed by atoms with E-state index in [1.807, 2.05) is 78.9 Å². The average molecular weight is 735 g/mol. The molecule has 12 nitrogen and oxygen atoms in total. The SMILES string of the molecule is COc1ccc(C(OC[C@H]2O[C@@H](n3cc(C)c(=O)[nH]c3=O)C[C@@H]2OP(=O)(O)Oc2ccc(Cl)cc2)(c2ccccc2)c2ccc(OC)cc2)cc1. The van der Waals surface area contributed by atoms with Gasteiger partial charge >= 0.3 is 13.5 Å². The van der Waals surface area contributed by atoms with Crippen LogP contribution >= 0.6 is 19.4 Å². The molecule has 0 radical (unpaired) electrons. The first-order chi connectivity index (χ1) is 24.5. The van der Waals surface area contributed by atoms with Crippen LogP contribution in [-0.2, 0) is 24.2 Å². The molecular formula is C37H36ClN2O10P. The van der Waals surface area contributed by atoms with E-state index >= 15 is 0 Å². The molecule has 4 aromatic carbocycles. The van der Waals surface area contributed by atoms with E-state index in [-0.39, 0.29) is 24.3 Å². The molecule has 0 bridgehead atoms. The van der Waals surface area contributed by atoms with Gasteiger partial charge in [-0.2, -0.15) is 0 Å². The highest BCUT2D eigenvalue weighted by molar-refractivity contribution is 7.47. The standard InChI is InChI=1S/C37H36ClN2O10P/c1-24-22-40(36(42)39-35(24)41)34-21-32(50-51(43,44)49-31-19-13-28(38)14-20-31)33(48-34)23-47-37(25-7-5-4-6-8-25,26-9-15-29(45-2)16-10-26)27-11-17-30(46-3)18-12-27/h4-20,22,32-34H,21,23H2,1-3H3,(H,43,44)(H,39,41,42)/t32-,33+,34+/m0/s1. The number of nitrogens with zero attached hydrogens (tertiary/aromatic N) is 1. The first-order valence-corrected chi connectivity index (χ1v) is 17.8. The van der Waals surface area contributed by atoms with E-state index in [2.05, 4.69) is 4.98 Å². The van der Waals surface area contributed by atoms with E-state index < -0.39 is 43.1 Å². The van der Waals surface area contributed by atoms with E-state index in [1.54, 1.807) is 21.1 Å². The van der Waals surface area contributed by atoms with Gasteiger partial charge in [-0.3, -0.25) is 23.8 Å². The number of hydrogen-bond acceptors (Lipinski definition) is 9. The summed E-state index contributed by atoms with van der Waals surface area (Å²) in [5.74, 6) is 1.35. The second-order valence-electron chi connectivity index (χ2n) is 11.8. The molecule has 1 aliphatic heterocycles. The van der Waals surface area contributed by atoms with Gasteiger partial charge in [0.05, 0.1) is 20.8 Å². The fourth-order valence-corrected chi connectivity index (χ4v) is 7.16.